The molecule has 0 amide bonds. The largest absolute Gasteiger partial charge is 0.394 e. The number of aliphatic hydroxyl groups excluding tert-OH is 1. The van der Waals surface area contributed by atoms with Crippen LogP contribution in [0.3, 0.4) is 0 Å². The fourth-order valence-corrected chi connectivity index (χ4v) is 2.14. The number of hydrogen-bond acceptors (Lipinski definition) is 3. The van der Waals surface area contributed by atoms with Gasteiger partial charge in [0, 0.05) is 18.8 Å². The highest BCUT2D eigenvalue weighted by atomic mass is 16.5. The van der Waals surface area contributed by atoms with E-state index in [4.69, 9.17) is 9.84 Å². The molecule has 3 nitrogen and oxygen atoms in total. The molecule has 1 heterocycles. The molecule has 1 fully saturated rings. The number of hydrogen-bond donors (Lipinski definition) is 1. The molecule has 1 atom stereocenters. The molecule has 0 aliphatic carbocycles. The lowest BCUT2D eigenvalue weighted by Crippen LogP contribution is -2.44. The van der Waals surface area contributed by atoms with Gasteiger partial charge in [-0.2, -0.15) is 0 Å². The van der Waals surface area contributed by atoms with E-state index in [0.717, 1.165) is 13.1 Å². The molecular formula is C14H21NO2. The van der Waals surface area contributed by atoms with Gasteiger partial charge in [0.1, 0.15) is 0 Å². The molecule has 0 bridgehead atoms. The summed E-state index contributed by atoms with van der Waals surface area (Å²) in [7, 11) is 0. The van der Waals surface area contributed by atoms with Crippen LogP contribution in [-0.2, 0) is 4.74 Å². The second kappa shape index (κ2) is 5.52. The third kappa shape index (κ3) is 2.99. The molecule has 0 saturated carbocycles. The zero-order valence-electron chi connectivity index (χ0n) is 10.6. The SMILES string of the molecule is CC(C)c1cccc(N2CCOC(CO)C2)c1. The van der Waals surface area contributed by atoms with E-state index in [9.17, 15) is 0 Å². The van der Waals surface area contributed by atoms with Crippen molar-refractivity contribution in [3.05, 3.63) is 29.8 Å². The van der Waals surface area contributed by atoms with Crippen molar-refractivity contribution in [2.24, 2.45) is 0 Å². The maximum absolute atomic E-state index is 9.15. The van der Waals surface area contributed by atoms with Crippen LogP contribution in [0.25, 0.3) is 0 Å². The van der Waals surface area contributed by atoms with Crippen molar-refractivity contribution >= 4 is 5.69 Å². The predicted octanol–water partition coefficient (Wildman–Crippen LogP) is 2.01. The highest BCUT2D eigenvalue weighted by Gasteiger charge is 2.20. The molecule has 2 rings (SSSR count). The first-order valence-corrected chi connectivity index (χ1v) is 6.28. The Labute approximate surface area is 103 Å². The Hall–Kier alpha value is -1.06. The van der Waals surface area contributed by atoms with Gasteiger partial charge in [0.2, 0.25) is 0 Å². The number of nitrogens with zero attached hydrogens (tertiary/aromatic N) is 1. The summed E-state index contributed by atoms with van der Waals surface area (Å²) in [6, 6.07) is 8.64. The van der Waals surface area contributed by atoms with Gasteiger partial charge in [-0.15, -0.1) is 0 Å². The number of aliphatic hydroxyl groups is 1. The summed E-state index contributed by atoms with van der Waals surface area (Å²) < 4.78 is 5.46. The molecular weight excluding hydrogens is 214 g/mol. The fraction of sp³-hybridized carbons (Fsp3) is 0.571. The minimum atomic E-state index is -0.0496. The van der Waals surface area contributed by atoms with Gasteiger partial charge < -0.3 is 14.7 Å². The molecule has 3 heteroatoms. The van der Waals surface area contributed by atoms with Gasteiger partial charge in [0.15, 0.2) is 0 Å². The lowest BCUT2D eigenvalue weighted by molar-refractivity contribution is 0.00356. The second-order valence-corrected chi connectivity index (χ2v) is 4.87. The molecule has 1 aliphatic heterocycles. The Morgan fingerprint density at radius 3 is 3.00 bits per heavy atom. The van der Waals surface area contributed by atoms with E-state index >= 15 is 0 Å². The van der Waals surface area contributed by atoms with Crippen molar-refractivity contribution in [2.45, 2.75) is 25.9 Å². The molecule has 1 N–H and O–H groups in total. The van der Waals surface area contributed by atoms with E-state index in [0.29, 0.717) is 12.5 Å². The summed E-state index contributed by atoms with van der Waals surface area (Å²) in [4.78, 5) is 2.29. The number of anilines is 1. The van der Waals surface area contributed by atoms with Crippen LogP contribution in [0.15, 0.2) is 24.3 Å². The van der Waals surface area contributed by atoms with E-state index in [2.05, 4.69) is 43.0 Å². The Balaban J connectivity index is 2.13. The molecule has 1 aromatic rings. The molecule has 0 aromatic heterocycles. The van der Waals surface area contributed by atoms with Crippen LogP contribution in [0, 0.1) is 0 Å². The van der Waals surface area contributed by atoms with Gasteiger partial charge in [-0.05, 0) is 23.6 Å². The van der Waals surface area contributed by atoms with Gasteiger partial charge in [-0.3, -0.25) is 0 Å². The van der Waals surface area contributed by atoms with Crippen LogP contribution in [0.2, 0.25) is 0 Å². The van der Waals surface area contributed by atoms with Crippen molar-refractivity contribution in [1.29, 1.82) is 0 Å². The third-order valence-corrected chi connectivity index (χ3v) is 3.24. The third-order valence-electron chi connectivity index (χ3n) is 3.24. The first-order valence-electron chi connectivity index (χ1n) is 6.28. The van der Waals surface area contributed by atoms with Crippen LogP contribution in [-0.4, -0.2) is 37.5 Å². The highest BCUT2D eigenvalue weighted by molar-refractivity contribution is 5.49. The molecule has 1 unspecified atom stereocenters. The van der Waals surface area contributed by atoms with Crippen molar-refractivity contribution in [3.8, 4) is 0 Å². The molecule has 0 spiro atoms. The zero-order valence-corrected chi connectivity index (χ0v) is 10.6. The molecule has 1 saturated heterocycles. The van der Waals surface area contributed by atoms with Crippen molar-refractivity contribution in [3.63, 3.8) is 0 Å². The fourth-order valence-electron chi connectivity index (χ4n) is 2.14. The Morgan fingerprint density at radius 1 is 1.47 bits per heavy atom. The monoisotopic (exact) mass is 235 g/mol. The first-order chi connectivity index (χ1) is 8.20. The number of ether oxygens (including phenoxy) is 1. The smallest absolute Gasteiger partial charge is 0.0980 e. The van der Waals surface area contributed by atoms with Gasteiger partial charge in [0.05, 0.1) is 19.3 Å². The maximum atomic E-state index is 9.15. The summed E-state index contributed by atoms with van der Waals surface area (Å²) in [5, 5.41) is 9.15. The highest BCUT2D eigenvalue weighted by Crippen LogP contribution is 2.23. The molecule has 1 aromatic carbocycles. The zero-order chi connectivity index (χ0) is 12.3. The van der Waals surface area contributed by atoms with Crippen molar-refractivity contribution < 1.29 is 9.84 Å². The van der Waals surface area contributed by atoms with Crippen molar-refractivity contribution in [1.82, 2.24) is 0 Å². The minimum Gasteiger partial charge on any atom is -0.394 e. The van der Waals surface area contributed by atoms with Gasteiger partial charge >= 0.3 is 0 Å². The average molecular weight is 235 g/mol. The van der Waals surface area contributed by atoms with Crippen LogP contribution < -0.4 is 4.90 Å². The molecule has 94 valence electrons. The summed E-state index contributed by atoms with van der Waals surface area (Å²) in [5.41, 5.74) is 2.59. The van der Waals surface area contributed by atoms with Gasteiger partial charge in [0.25, 0.3) is 0 Å². The van der Waals surface area contributed by atoms with Crippen LogP contribution in [0.4, 0.5) is 5.69 Å². The lowest BCUT2D eigenvalue weighted by Gasteiger charge is -2.34. The Morgan fingerprint density at radius 2 is 2.29 bits per heavy atom. The topological polar surface area (TPSA) is 32.7 Å². The van der Waals surface area contributed by atoms with E-state index < -0.39 is 0 Å². The summed E-state index contributed by atoms with van der Waals surface area (Å²) >= 11 is 0. The standard InChI is InChI=1S/C14H21NO2/c1-11(2)12-4-3-5-13(8-12)15-6-7-17-14(9-15)10-16/h3-5,8,11,14,16H,6-7,9-10H2,1-2H3. The molecule has 1 aliphatic rings. The van der Waals surface area contributed by atoms with E-state index in [1.54, 1.807) is 0 Å². The summed E-state index contributed by atoms with van der Waals surface area (Å²) in [6.45, 7) is 6.87. The quantitative estimate of drug-likeness (QED) is 0.870. The van der Waals surface area contributed by atoms with Crippen molar-refractivity contribution in [2.75, 3.05) is 31.2 Å². The molecule has 17 heavy (non-hydrogen) atoms. The predicted molar refractivity (Wildman–Crippen MR) is 69.6 cm³/mol. The van der Waals surface area contributed by atoms with Crippen LogP contribution >= 0.6 is 0 Å². The Kier molecular flexibility index (Phi) is 4.02. The Bertz CT molecular complexity index is 365. The number of benzene rings is 1. The second-order valence-electron chi connectivity index (χ2n) is 4.87. The van der Waals surface area contributed by atoms with Gasteiger partial charge in [-0.25, -0.2) is 0 Å². The van der Waals surface area contributed by atoms with E-state index in [-0.39, 0.29) is 12.7 Å². The lowest BCUT2D eigenvalue weighted by atomic mass is 10.0. The van der Waals surface area contributed by atoms with E-state index in [1.165, 1.54) is 11.3 Å². The maximum Gasteiger partial charge on any atom is 0.0980 e. The normalized spacial score (nSPS) is 20.9. The first kappa shape index (κ1) is 12.4. The van der Waals surface area contributed by atoms with Gasteiger partial charge in [-0.1, -0.05) is 26.0 Å². The van der Waals surface area contributed by atoms with Crippen LogP contribution in [0.1, 0.15) is 25.3 Å². The summed E-state index contributed by atoms with van der Waals surface area (Å²) in [6.07, 6.45) is -0.0496. The number of rotatable bonds is 3. The van der Waals surface area contributed by atoms with Crippen LogP contribution in [0.5, 0.6) is 0 Å². The summed E-state index contributed by atoms with van der Waals surface area (Å²) in [5.74, 6) is 0.546. The number of morpholine rings is 1. The average Bonchev–Trinajstić information content (AvgIpc) is 2.39. The molecule has 0 radical (unpaired) electrons. The minimum absolute atomic E-state index is 0.0496. The van der Waals surface area contributed by atoms with E-state index in [1.807, 2.05) is 0 Å².